The first-order chi connectivity index (χ1) is 24.4. The Hall–Kier alpha value is -4.86. The molecule has 1 aromatic heterocycles. The van der Waals surface area contributed by atoms with Gasteiger partial charge in [-0.3, -0.25) is 0 Å². The van der Waals surface area contributed by atoms with Crippen LogP contribution in [0.15, 0.2) is 81.5 Å². The van der Waals surface area contributed by atoms with Gasteiger partial charge >= 0.3 is 17.5 Å². The second kappa shape index (κ2) is 14.5. The van der Waals surface area contributed by atoms with Gasteiger partial charge in [0.25, 0.3) is 0 Å². The topological polar surface area (TPSA) is 169 Å². The van der Waals surface area contributed by atoms with E-state index in [4.69, 9.17) is 28.5 Å². The van der Waals surface area contributed by atoms with Crippen LogP contribution in [0.4, 0.5) is 4.79 Å². The summed E-state index contributed by atoms with van der Waals surface area (Å²) in [6.45, 7) is 2.90. The number of hydrogen-bond donors (Lipinski definition) is 2. The predicted octanol–water partition coefficient (Wildman–Crippen LogP) is 2.18. The van der Waals surface area contributed by atoms with Crippen molar-refractivity contribution in [2.45, 2.75) is 75.4 Å². The van der Waals surface area contributed by atoms with Crippen LogP contribution in [0.2, 0.25) is 0 Å². The molecule has 0 spiro atoms. The number of nitrogens with one attached hydrogen (secondary N) is 1. The number of hydrogen-bond acceptors (Lipinski definition) is 11. The number of nitrogens with zero attached hydrogens (tertiary/aromatic N) is 4. The first-order valence-electron chi connectivity index (χ1n) is 17.0. The number of para-hydroxylation sites is 1. The van der Waals surface area contributed by atoms with Crippen molar-refractivity contribution < 1.29 is 38.4 Å². The zero-order valence-corrected chi connectivity index (χ0v) is 27.8. The number of aromatic nitrogens is 3. The van der Waals surface area contributed by atoms with Gasteiger partial charge in [0, 0.05) is 25.4 Å². The third kappa shape index (κ3) is 6.67. The summed E-state index contributed by atoms with van der Waals surface area (Å²) in [6.07, 6.45) is 1.51. The highest BCUT2D eigenvalue weighted by atomic mass is 16.6. The van der Waals surface area contributed by atoms with E-state index in [9.17, 15) is 19.5 Å². The van der Waals surface area contributed by atoms with E-state index in [1.807, 2.05) is 25.1 Å². The fourth-order valence-electron chi connectivity index (χ4n) is 6.89. The second-order valence-electron chi connectivity index (χ2n) is 12.6. The summed E-state index contributed by atoms with van der Waals surface area (Å²) in [4.78, 5) is 44.9. The molecule has 50 heavy (non-hydrogen) atoms. The number of carbonyl (C=O) groups excluding carboxylic acids is 1. The van der Waals surface area contributed by atoms with Gasteiger partial charge in [-0.15, -0.1) is 0 Å². The van der Waals surface area contributed by atoms with Crippen LogP contribution in [-0.4, -0.2) is 94.3 Å². The van der Waals surface area contributed by atoms with Crippen LogP contribution in [0.1, 0.15) is 32.2 Å². The molecule has 2 N–H and O–H groups in total. The third-order valence-electron chi connectivity index (χ3n) is 9.43. The van der Waals surface area contributed by atoms with Crippen LogP contribution in [0.25, 0.3) is 5.69 Å². The summed E-state index contributed by atoms with van der Waals surface area (Å²) in [6, 6.07) is 15.2. The molecule has 3 aromatic rings. The van der Waals surface area contributed by atoms with Gasteiger partial charge in [0.1, 0.15) is 55.2 Å². The van der Waals surface area contributed by atoms with Gasteiger partial charge in [-0.25, -0.2) is 28.3 Å². The molecule has 4 heterocycles. The zero-order chi connectivity index (χ0) is 34.8. The maximum absolute atomic E-state index is 13.6. The first kappa shape index (κ1) is 33.6. The SMILES string of the molecule is CCCNC(=O)OC[C@H]1O[C@H](CCO/N=C2/[C@H]3CCn4c(=O)n(-c5ccccc5)c(=O)n4[C@H]3[C@H](O)[C@@H]3O[C@H]23)C=C[C@@H]1Oc1ccc(OC)cc1. The number of alkyl carbamates (subject to hydrolysis) is 1. The summed E-state index contributed by atoms with van der Waals surface area (Å²) in [7, 11) is 1.59. The van der Waals surface area contributed by atoms with E-state index in [-0.39, 0.29) is 31.8 Å². The minimum Gasteiger partial charge on any atom is -0.497 e. The molecule has 1 amide bonds. The number of epoxide rings is 1. The molecule has 1 aliphatic carbocycles. The van der Waals surface area contributed by atoms with Crippen molar-refractivity contribution in [2.24, 2.45) is 11.1 Å². The van der Waals surface area contributed by atoms with Crippen LogP contribution in [0.3, 0.4) is 0 Å². The summed E-state index contributed by atoms with van der Waals surface area (Å²) in [5.41, 5.74) is 0.0950. The van der Waals surface area contributed by atoms with E-state index in [2.05, 4.69) is 10.5 Å². The lowest BCUT2D eigenvalue weighted by atomic mass is 9.78. The van der Waals surface area contributed by atoms with E-state index in [0.29, 0.717) is 42.3 Å². The molecule has 266 valence electrons. The van der Waals surface area contributed by atoms with Gasteiger partial charge in [-0.05, 0) is 55.3 Å². The van der Waals surface area contributed by atoms with Crippen molar-refractivity contribution in [1.82, 2.24) is 19.2 Å². The maximum Gasteiger partial charge on any atom is 0.407 e. The number of methoxy groups -OCH3 is 1. The molecule has 2 aromatic carbocycles. The van der Waals surface area contributed by atoms with Crippen LogP contribution in [0, 0.1) is 5.92 Å². The molecule has 3 aliphatic heterocycles. The molecule has 0 unspecified atom stereocenters. The molecule has 1 saturated heterocycles. The standard InChI is InChI=1S/C35H41N5O10/c1-3-17-36-33(42)46-20-27-26(48-23-11-9-22(45-2)10-12-23)14-13-24(49-27)16-19-47-37-28-25-15-18-38-34(43)39(21-7-5-4-6-8-21)35(44)40(38)29(25)30(41)32-31(28)50-32/h4-14,24-27,29-32,41H,3,15-20H2,1-2H3,(H,36,42)/b37-28-/t24-,25+,26-,27+,29+,30-,31+,32-/m0/s1. The van der Waals surface area contributed by atoms with E-state index in [1.165, 1.54) is 9.36 Å². The van der Waals surface area contributed by atoms with Crippen LogP contribution in [-0.2, 0) is 25.6 Å². The molecular formula is C35H41N5O10. The van der Waals surface area contributed by atoms with Gasteiger partial charge in [0.15, 0.2) is 0 Å². The molecule has 15 nitrogen and oxygen atoms in total. The molecule has 2 fully saturated rings. The minimum atomic E-state index is -0.990. The summed E-state index contributed by atoms with van der Waals surface area (Å²) < 4.78 is 32.8. The lowest BCUT2D eigenvalue weighted by Gasteiger charge is -2.38. The number of amides is 1. The molecule has 4 aliphatic rings. The van der Waals surface area contributed by atoms with E-state index in [1.54, 1.807) is 55.6 Å². The quantitative estimate of drug-likeness (QED) is 0.124. The zero-order valence-electron chi connectivity index (χ0n) is 27.8. The molecule has 1 saturated carbocycles. The summed E-state index contributed by atoms with van der Waals surface area (Å²) >= 11 is 0. The predicted molar refractivity (Wildman–Crippen MR) is 179 cm³/mol. The monoisotopic (exact) mass is 691 g/mol. The molecule has 0 radical (unpaired) electrons. The van der Waals surface area contributed by atoms with E-state index < -0.39 is 54.0 Å². The summed E-state index contributed by atoms with van der Waals surface area (Å²) in [5, 5.41) is 18.4. The molecule has 0 bridgehead atoms. The Balaban J connectivity index is 1.02. The van der Waals surface area contributed by atoms with E-state index in [0.717, 1.165) is 11.0 Å². The van der Waals surface area contributed by atoms with Crippen molar-refractivity contribution in [3.8, 4) is 17.2 Å². The minimum absolute atomic E-state index is 0.0252. The Kier molecular flexibility index (Phi) is 9.79. The number of fused-ring (bicyclic) bond motifs is 4. The second-order valence-corrected chi connectivity index (χ2v) is 12.6. The highest BCUT2D eigenvalue weighted by Gasteiger charge is 2.61. The van der Waals surface area contributed by atoms with Crippen LogP contribution >= 0.6 is 0 Å². The largest absolute Gasteiger partial charge is 0.497 e. The Bertz CT molecular complexity index is 1830. The number of carbonyl (C=O) groups is 1. The van der Waals surface area contributed by atoms with Crippen molar-refractivity contribution in [1.29, 1.82) is 0 Å². The Labute approximate surface area is 287 Å². The van der Waals surface area contributed by atoms with Crippen molar-refractivity contribution >= 4 is 11.8 Å². The Morgan fingerprint density at radius 2 is 1.82 bits per heavy atom. The van der Waals surface area contributed by atoms with Crippen molar-refractivity contribution in [3.05, 3.63) is 87.7 Å². The van der Waals surface area contributed by atoms with Gasteiger partial charge in [-0.2, -0.15) is 0 Å². The highest BCUT2D eigenvalue weighted by Crippen LogP contribution is 2.46. The molecule has 7 rings (SSSR count). The molecule has 15 heteroatoms. The highest BCUT2D eigenvalue weighted by molar-refractivity contribution is 5.94. The smallest absolute Gasteiger partial charge is 0.407 e. The van der Waals surface area contributed by atoms with E-state index >= 15 is 0 Å². The number of aliphatic hydroxyl groups is 1. The van der Waals surface area contributed by atoms with Crippen molar-refractivity contribution in [2.75, 3.05) is 26.9 Å². The average Bonchev–Trinajstić information content (AvgIpc) is 3.90. The number of ether oxygens (including phenoxy) is 5. The number of oxime groups is 1. The normalized spacial score (nSPS) is 28.6. The number of aliphatic hydroxyl groups excluding tert-OH is 1. The number of benzene rings is 2. The number of rotatable bonds is 12. The van der Waals surface area contributed by atoms with Gasteiger partial charge in [0.2, 0.25) is 0 Å². The van der Waals surface area contributed by atoms with Crippen LogP contribution < -0.4 is 26.2 Å². The third-order valence-corrected chi connectivity index (χ3v) is 9.43. The maximum atomic E-state index is 13.6. The summed E-state index contributed by atoms with van der Waals surface area (Å²) in [5.74, 6) is 0.948. The fraction of sp³-hybridized carbons (Fsp3) is 0.486. The molecular weight excluding hydrogens is 650 g/mol. The Morgan fingerprint density at radius 3 is 2.58 bits per heavy atom. The van der Waals surface area contributed by atoms with Gasteiger partial charge < -0.3 is 38.9 Å². The van der Waals surface area contributed by atoms with Crippen LogP contribution in [0.5, 0.6) is 11.5 Å². The lowest BCUT2D eigenvalue weighted by Crippen LogP contribution is -2.53. The fourth-order valence-corrected chi connectivity index (χ4v) is 6.89. The van der Waals surface area contributed by atoms with Gasteiger partial charge in [0.05, 0.1) is 30.7 Å². The molecule has 8 atom stereocenters. The first-order valence-corrected chi connectivity index (χ1v) is 17.0. The Morgan fingerprint density at radius 1 is 1.04 bits per heavy atom. The average molecular weight is 692 g/mol. The van der Waals surface area contributed by atoms with Gasteiger partial charge in [-0.1, -0.05) is 36.4 Å². The van der Waals surface area contributed by atoms with Crippen molar-refractivity contribution in [3.63, 3.8) is 0 Å². The lowest BCUT2D eigenvalue weighted by molar-refractivity contribution is -0.0808.